The van der Waals surface area contributed by atoms with Crippen LogP contribution < -0.4 is 4.90 Å². The van der Waals surface area contributed by atoms with Gasteiger partial charge in [-0.15, -0.1) is 5.10 Å². The molecular formula is C17H17N5OS. The zero-order valence-corrected chi connectivity index (χ0v) is 14.3. The number of anilines is 1. The lowest BCUT2D eigenvalue weighted by Crippen LogP contribution is -2.29. The van der Waals surface area contributed by atoms with E-state index in [-0.39, 0.29) is 11.2 Å². The van der Waals surface area contributed by atoms with E-state index in [1.54, 1.807) is 10.9 Å². The SMILES string of the molecule is Cc1cc(N2CC[C@@H](Sc3nncc4ccccc34)C2=O)n(C)n1. The molecule has 0 radical (unpaired) electrons. The van der Waals surface area contributed by atoms with Crippen molar-refractivity contribution in [2.75, 3.05) is 11.4 Å². The van der Waals surface area contributed by atoms with Crippen LogP contribution in [0.25, 0.3) is 10.8 Å². The highest BCUT2D eigenvalue weighted by molar-refractivity contribution is 8.00. The number of amides is 1. The smallest absolute Gasteiger partial charge is 0.241 e. The number of aromatic nitrogens is 4. The normalized spacial score (nSPS) is 17.8. The van der Waals surface area contributed by atoms with Gasteiger partial charge < -0.3 is 0 Å². The van der Waals surface area contributed by atoms with Crippen LogP contribution in [0.5, 0.6) is 0 Å². The summed E-state index contributed by atoms with van der Waals surface area (Å²) in [5.41, 5.74) is 0.913. The molecule has 6 nitrogen and oxygen atoms in total. The van der Waals surface area contributed by atoms with Crippen molar-refractivity contribution in [2.45, 2.75) is 23.6 Å². The predicted octanol–water partition coefficient (Wildman–Crippen LogP) is 2.57. The Balaban J connectivity index is 1.60. The first-order chi connectivity index (χ1) is 11.6. The summed E-state index contributed by atoms with van der Waals surface area (Å²) in [6.45, 7) is 2.63. The summed E-state index contributed by atoms with van der Waals surface area (Å²) in [6, 6.07) is 9.94. The van der Waals surface area contributed by atoms with Crippen LogP contribution in [0.4, 0.5) is 5.82 Å². The first kappa shape index (κ1) is 15.1. The molecule has 0 unspecified atom stereocenters. The van der Waals surface area contributed by atoms with Gasteiger partial charge in [0.2, 0.25) is 5.91 Å². The molecule has 4 rings (SSSR count). The van der Waals surface area contributed by atoms with E-state index in [0.29, 0.717) is 6.54 Å². The fraction of sp³-hybridized carbons (Fsp3) is 0.294. The molecular weight excluding hydrogens is 322 g/mol. The Morgan fingerprint density at radius 1 is 1.29 bits per heavy atom. The Labute approximate surface area is 143 Å². The number of nitrogens with zero attached hydrogens (tertiary/aromatic N) is 5. The van der Waals surface area contributed by atoms with Crippen LogP contribution >= 0.6 is 11.8 Å². The average Bonchev–Trinajstić information content (AvgIpc) is 3.10. The van der Waals surface area contributed by atoms with Crippen molar-refractivity contribution >= 4 is 34.3 Å². The molecule has 1 amide bonds. The zero-order valence-electron chi connectivity index (χ0n) is 13.5. The summed E-state index contributed by atoms with van der Waals surface area (Å²) >= 11 is 1.51. The van der Waals surface area contributed by atoms with Crippen LogP contribution in [0, 0.1) is 6.92 Å². The van der Waals surface area contributed by atoms with Gasteiger partial charge in [-0.25, -0.2) is 0 Å². The van der Waals surface area contributed by atoms with Gasteiger partial charge in [0.15, 0.2) is 0 Å². The monoisotopic (exact) mass is 339 g/mol. The van der Waals surface area contributed by atoms with E-state index in [9.17, 15) is 4.79 Å². The molecule has 24 heavy (non-hydrogen) atoms. The summed E-state index contributed by atoms with van der Waals surface area (Å²) in [4.78, 5) is 14.6. The quantitative estimate of drug-likeness (QED) is 0.734. The zero-order chi connectivity index (χ0) is 16.7. The molecule has 1 aromatic carbocycles. The van der Waals surface area contributed by atoms with Crippen molar-refractivity contribution in [3.05, 3.63) is 42.2 Å². The molecule has 1 fully saturated rings. The van der Waals surface area contributed by atoms with Crippen LogP contribution in [0.3, 0.4) is 0 Å². The summed E-state index contributed by atoms with van der Waals surface area (Å²) in [6.07, 6.45) is 2.54. The van der Waals surface area contributed by atoms with E-state index < -0.39 is 0 Å². The number of carbonyl (C=O) groups is 1. The highest BCUT2D eigenvalue weighted by Gasteiger charge is 2.35. The molecule has 0 spiro atoms. The second-order valence-corrected chi connectivity index (χ2v) is 7.08. The van der Waals surface area contributed by atoms with E-state index in [2.05, 4.69) is 15.3 Å². The predicted molar refractivity (Wildman–Crippen MR) is 94.1 cm³/mol. The van der Waals surface area contributed by atoms with Crippen molar-refractivity contribution in [1.82, 2.24) is 20.0 Å². The fourth-order valence-corrected chi connectivity index (χ4v) is 4.19. The Morgan fingerprint density at radius 3 is 2.92 bits per heavy atom. The van der Waals surface area contributed by atoms with Crippen molar-refractivity contribution in [1.29, 1.82) is 0 Å². The second kappa shape index (κ2) is 5.90. The highest BCUT2D eigenvalue weighted by Crippen LogP contribution is 2.35. The van der Waals surface area contributed by atoms with E-state index >= 15 is 0 Å². The average molecular weight is 339 g/mol. The third-order valence-electron chi connectivity index (χ3n) is 4.20. The van der Waals surface area contributed by atoms with E-state index in [1.807, 2.05) is 49.2 Å². The van der Waals surface area contributed by atoms with Gasteiger partial charge in [0.05, 0.1) is 17.1 Å². The number of fused-ring (bicyclic) bond motifs is 1. The van der Waals surface area contributed by atoms with Gasteiger partial charge in [-0.05, 0) is 13.3 Å². The number of aryl methyl sites for hydroxylation is 2. The summed E-state index contributed by atoms with van der Waals surface area (Å²) < 4.78 is 1.76. The number of rotatable bonds is 3. The van der Waals surface area contributed by atoms with Gasteiger partial charge in [0.1, 0.15) is 10.8 Å². The molecule has 1 atom stereocenters. The summed E-state index contributed by atoms with van der Waals surface area (Å²) in [5, 5.41) is 15.4. The Kier molecular flexibility index (Phi) is 3.72. The number of thioether (sulfide) groups is 1. The van der Waals surface area contributed by atoms with Gasteiger partial charge in [-0.1, -0.05) is 36.0 Å². The van der Waals surface area contributed by atoms with Crippen molar-refractivity contribution in [3.63, 3.8) is 0 Å². The van der Waals surface area contributed by atoms with Crippen LogP contribution in [-0.4, -0.2) is 37.7 Å². The molecule has 2 aromatic heterocycles. The largest absolute Gasteiger partial charge is 0.296 e. The summed E-state index contributed by atoms with van der Waals surface area (Å²) in [7, 11) is 1.87. The maximum Gasteiger partial charge on any atom is 0.241 e. The molecule has 3 heterocycles. The van der Waals surface area contributed by atoms with Crippen LogP contribution in [-0.2, 0) is 11.8 Å². The first-order valence-electron chi connectivity index (χ1n) is 7.82. The highest BCUT2D eigenvalue weighted by atomic mass is 32.2. The topological polar surface area (TPSA) is 63.9 Å². The van der Waals surface area contributed by atoms with Gasteiger partial charge >= 0.3 is 0 Å². The summed E-state index contributed by atoms with van der Waals surface area (Å²) in [5.74, 6) is 0.960. The van der Waals surface area contributed by atoms with Gasteiger partial charge in [-0.3, -0.25) is 14.4 Å². The lowest BCUT2D eigenvalue weighted by atomic mass is 10.2. The minimum absolute atomic E-state index is 0.109. The molecule has 1 aliphatic rings. The van der Waals surface area contributed by atoms with E-state index in [4.69, 9.17) is 0 Å². The van der Waals surface area contributed by atoms with Gasteiger partial charge in [-0.2, -0.15) is 10.2 Å². The van der Waals surface area contributed by atoms with Crippen LogP contribution in [0.1, 0.15) is 12.1 Å². The fourth-order valence-electron chi connectivity index (χ4n) is 3.06. The minimum Gasteiger partial charge on any atom is -0.296 e. The van der Waals surface area contributed by atoms with Crippen molar-refractivity contribution < 1.29 is 4.79 Å². The number of benzene rings is 1. The van der Waals surface area contributed by atoms with Crippen molar-refractivity contribution in [3.8, 4) is 0 Å². The van der Waals surface area contributed by atoms with Crippen LogP contribution in [0.15, 0.2) is 41.6 Å². The Hall–Kier alpha value is -2.41. The molecule has 0 saturated carbocycles. The molecule has 0 bridgehead atoms. The van der Waals surface area contributed by atoms with Gasteiger partial charge in [0, 0.05) is 30.4 Å². The third kappa shape index (κ3) is 2.54. The lowest BCUT2D eigenvalue weighted by molar-refractivity contribution is -0.116. The molecule has 3 aromatic rings. The number of hydrogen-bond donors (Lipinski definition) is 0. The minimum atomic E-state index is -0.139. The van der Waals surface area contributed by atoms with E-state index in [0.717, 1.165) is 33.7 Å². The van der Waals surface area contributed by atoms with Crippen LogP contribution in [0.2, 0.25) is 0 Å². The van der Waals surface area contributed by atoms with Crippen molar-refractivity contribution in [2.24, 2.45) is 7.05 Å². The first-order valence-corrected chi connectivity index (χ1v) is 8.70. The molecule has 122 valence electrons. The lowest BCUT2D eigenvalue weighted by Gasteiger charge is -2.16. The molecule has 1 saturated heterocycles. The number of hydrogen-bond acceptors (Lipinski definition) is 5. The molecule has 0 N–H and O–H groups in total. The third-order valence-corrected chi connectivity index (χ3v) is 5.45. The Morgan fingerprint density at radius 2 is 2.12 bits per heavy atom. The van der Waals surface area contributed by atoms with E-state index in [1.165, 1.54) is 11.8 Å². The maximum atomic E-state index is 12.8. The standard InChI is InChI=1S/C17H17N5OS/c1-11-9-15(21(2)20-11)22-8-7-14(17(22)23)24-16-13-6-4-3-5-12(13)10-18-19-16/h3-6,9-10,14H,7-8H2,1-2H3/t14-/m1/s1. The Bertz CT molecular complexity index is 917. The van der Waals surface area contributed by atoms with Gasteiger partial charge in [0.25, 0.3) is 0 Å². The maximum absolute atomic E-state index is 12.8. The molecule has 1 aliphatic heterocycles. The second-order valence-electron chi connectivity index (χ2n) is 5.89. The number of carbonyl (C=O) groups excluding carboxylic acids is 1. The molecule has 7 heteroatoms. The molecule has 0 aliphatic carbocycles.